The first-order chi connectivity index (χ1) is 44.6. The fraction of sp³-hybridized carbons (Fsp3) is 0.963. The zero-order valence-electron chi connectivity index (χ0n) is 62.3. The molecular formula is C82H162NO8+. The summed E-state index contributed by atoms with van der Waals surface area (Å²) >= 11 is 0. The molecule has 0 fully saturated rings. The van der Waals surface area contributed by atoms with Gasteiger partial charge >= 0.3 is 17.9 Å². The molecule has 2 atom stereocenters. The summed E-state index contributed by atoms with van der Waals surface area (Å²) in [7, 11) is 6.01. The number of ether oxygens (including phenoxy) is 4. The maximum atomic E-state index is 13.0. The summed E-state index contributed by atoms with van der Waals surface area (Å²) in [6.45, 7) is 4.99. The van der Waals surface area contributed by atoms with Gasteiger partial charge in [-0.2, -0.15) is 0 Å². The van der Waals surface area contributed by atoms with E-state index in [1.165, 1.54) is 385 Å². The van der Waals surface area contributed by atoms with Gasteiger partial charge in [-0.05, 0) is 12.8 Å². The van der Waals surface area contributed by atoms with Crippen LogP contribution in [0.3, 0.4) is 0 Å². The van der Waals surface area contributed by atoms with Crippen LogP contribution in [-0.4, -0.2) is 87.4 Å². The van der Waals surface area contributed by atoms with Crippen molar-refractivity contribution in [3.05, 3.63) is 0 Å². The van der Waals surface area contributed by atoms with E-state index in [4.69, 9.17) is 18.9 Å². The molecule has 0 radical (unpaired) electrons. The normalized spacial score (nSPS) is 12.5. The van der Waals surface area contributed by atoms with Gasteiger partial charge in [-0.15, -0.1) is 0 Å². The number of likely N-dealkylation sites (N-methyl/N-ethyl adjacent to an activating group) is 1. The van der Waals surface area contributed by atoms with Gasteiger partial charge in [0.25, 0.3) is 6.29 Å². The van der Waals surface area contributed by atoms with Crippen molar-refractivity contribution in [3.63, 3.8) is 0 Å². The summed E-state index contributed by atoms with van der Waals surface area (Å²) in [5, 5.41) is 9.77. The number of carbonyl (C=O) groups excluding carboxylic acids is 2. The lowest BCUT2D eigenvalue weighted by Crippen LogP contribution is -2.40. The van der Waals surface area contributed by atoms with Gasteiger partial charge in [-0.1, -0.05) is 425 Å². The fourth-order valence-corrected chi connectivity index (χ4v) is 13.1. The number of carboxylic acids is 1. The molecule has 0 aliphatic carbocycles. The van der Waals surface area contributed by atoms with Crippen LogP contribution >= 0.6 is 0 Å². The number of quaternary nitrogens is 1. The van der Waals surface area contributed by atoms with E-state index in [-0.39, 0.29) is 38.2 Å². The lowest BCUT2D eigenvalue weighted by Gasteiger charge is -2.25. The summed E-state index contributed by atoms with van der Waals surface area (Å²) in [5.41, 5.74) is 0. The molecule has 0 rings (SSSR count). The lowest BCUT2D eigenvalue weighted by molar-refractivity contribution is -0.870. The molecule has 0 amide bonds. The molecule has 9 nitrogen and oxygen atoms in total. The summed E-state index contributed by atoms with van der Waals surface area (Å²) in [4.78, 5) is 37.7. The molecule has 0 aromatic carbocycles. The van der Waals surface area contributed by atoms with Crippen LogP contribution in [0.15, 0.2) is 0 Å². The highest BCUT2D eigenvalue weighted by atomic mass is 16.7. The second-order valence-corrected chi connectivity index (χ2v) is 29.8. The first-order valence-corrected chi connectivity index (χ1v) is 41.2. The summed E-state index contributed by atoms with van der Waals surface area (Å²) in [6.07, 6.45) is 88.6. The van der Waals surface area contributed by atoms with Crippen LogP contribution in [0.4, 0.5) is 0 Å². The first-order valence-electron chi connectivity index (χ1n) is 41.2. The minimum atomic E-state index is -1.51. The molecule has 9 heteroatoms. The maximum absolute atomic E-state index is 13.0. The number of aliphatic carboxylic acids is 1. The van der Waals surface area contributed by atoms with Crippen molar-refractivity contribution in [3.8, 4) is 0 Å². The Kier molecular flexibility index (Phi) is 72.7. The Hall–Kier alpha value is -1.71. The van der Waals surface area contributed by atoms with E-state index in [0.717, 1.165) is 38.5 Å². The molecular weight excluding hydrogens is 1130 g/mol. The van der Waals surface area contributed by atoms with E-state index < -0.39 is 18.4 Å². The molecule has 2 unspecified atom stereocenters. The van der Waals surface area contributed by atoms with Gasteiger partial charge in [0, 0.05) is 12.8 Å². The molecule has 1 N–H and O–H groups in total. The van der Waals surface area contributed by atoms with Gasteiger partial charge in [0.2, 0.25) is 0 Å². The number of nitrogens with zero attached hydrogens (tertiary/aromatic N) is 1. The van der Waals surface area contributed by atoms with Gasteiger partial charge in [-0.3, -0.25) is 9.59 Å². The minimum Gasteiger partial charge on any atom is -0.477 e. The minimum absolute atomic E-state index is 0.172. The van der Waals surface area contributed by atoms with E-state index in [0.29, 0.717) is 17.4 Å². The van der Waals surface area contributed by atoms with Crippen molar-refractivity contribution >= 4 is 17.9 Å². The molecule has 0 spiro atoms. The third-order valence-corrected chi connectivity index (χ3v) is 19.4. The molecule has 0 saturated heterocycles. The van der Waals surface area contributed by atoms with Gasteiger partial charge in [0.05, 0.1) is 34.4 Å². The Labute approximate surface area is 568 Å². The van der Waals surface area contributed by atoms with Crippen LogP contribution in [0, 0.1) is 0 Å². The van der Waals surface area contributed by atoms with Crippen LogP contribution in [0.2, 0.25) is 0 Å². The lowest BCUT2D eigenvalue weighted by atomic mass is 10.0. The van der Waals surface area contributed by atoms with Crippen LogP contribution in [0.5, 0.6) is 0 Å². The van der Waals surface area contributed by atoms with Crippen LogP contribution in [0.1, 0.15) is 450 Å². The van der Waals surface area contributed by atoms with Crippen molar-refractivity contribution in [2.45, 2.75) is 463 Å². The van der Waals surface area contributed by atoms with E-state index >= 15 is 0 Å². The molecule has 91 heavy (non-hydrogen) atoms. The van der Waals surface area contributed by atoms with Crippen LogP contribution in [0.25, 0.3) is 0 Å². The van der Waals surface area contributed by atoms with Crippen molar-refractivity contribution < 1.29 is 42.9 Å². The number of unbranched alkanes of at least 4 members (excludes halogenated alkanes) is 64. The number of carboxylic acid groups (broad SMARTS) is 1. The molecule has 0 aromatic heterocycles. The van der Waals surface area contributed by atoms with Crippen molar-refractivity contribution in [1.29, 1.82) is 0 Å². The Morgan fingerprint density at radius 2 is 0.495 bits per heavy atom. The molecule has 0 heterocycles. The number of esters is 2. The molecule has 0 saturated carbocycles. The van der Waals surface area contributed by atoms with E-state index in [1.54, 1.807) is 0 Å². The van der Waals surface area contributed by atoms with Crippen LogP contribution < -0.4 is 0 Å². The average Bonchev–Trinajstić information content (AvgIpc) is 3.46. The predicted octanol–water partition coefficient (Wildman–Crippen LogP) is 26.2. The molecule has 0 aliphatic heterocycles. The number of hydrogen-bond acceptors (Lipinski definition) is 7. The van der Waals surface area contributed by atoms with E-state index in [1.807, 2.05) is 21.1 Å². The monoisotopic (exact) mass is 1290 g/mol. The predicted molar refractivity (Wildman–Crippen MR) is 392 cm³/mol. The zero-order valence-corrected chi connectivity index (χ0v) is 62.3. The highest BCUT2D eigenvalue weighted by molar-refractivity contribution is 5.71. The third-order valence-electron chi connectivity index (χ3n) is 19.4. The van der Waals surface area contributed by atoms with Gasteiger partial charge in [0.15, 0.2) is 6.10 Å². The average molecular weight is 1290 g/mol. The molecule has 0 aliphatic rings. The van der Waals surface area contributed by atoms with Crippen molar-refractivity contribution in [2.75, 3.05) is 47.5 Å². The van der Waals surface area contributed by atoms with Crippen molar-refractivity contribution in [2.24, 2.45) is 0 Å². The molecule has 0 aromatic rings. The topological polar surface area (TPSA) is 108 Å². The number of rotatable bonds is 79. The summed E-state index contributed by atoms with van der Waals surface area (Å²) in [6, 6.07) is 0. The highest BCUT2D eigenvalue weighted by Crippen LogP contribution is 2.21. The van der Waals surface area contributed by atoms with Crippen LogP contribution in [-0.2, 0) is 33.3 Å². The first kappa shape index (κ1) is 89.3. The molecule has 0 bridgehead atoms. The standard InChI is InChI=1S/C82H161NO8/c1-6-8-10-12-14-16-18-20-22-24-26-28-30-32-34-35-36-37-38-39-40-41-42-43-44-45-47-49-51-53-55-57-59-61-63-65-67-69-71-73-80(85)91-78(77-90-82(81(86)87)88-75-74-83(3,4)5)76-89-79(84)72-70-68-66-64-62-60-58-56-54-52-50-48-46-33-31-29-27-25-23-21-19-17-15-13-11-9-7-2/h78,82H,6-77H2,1-5H3/p+1. The zero-order chi connectivity index (χ0) is 66.1. The van der Waals surface area contributed by atoms with Gasteiger partial charge in [0.1, 0.15) is 13.2 Å². The van der Waals surface area contributed by atoms with E-state index in [2.05, 4.69) is 13.8 Å². The fourth-order valence-electron chi connectivity index (χ4n) is 13.1. The summed E-state index contributed by atoms with van der Waals surface area (Å²) in [5.74, 6) is -1.96. The van der Waals surface area contributed by atoms with E-state index in [9.17, 15) is 19.5 Å². The third kappa shape index (κ3) is 75.5. The largest absolute Gasteiger partial charge is 0.477 e. The smallest absolute Gasteiger partial charge is 0.361 e. The summed E-state index contributed by atoms with van der Waals surface area (Å²) < 4.78 is 23.1. The quantitative estimate of drug-likeness (QED) is 0.0278. The Bertz CT molecular complexity index is 1450. The SMILES string of the molecule is CCCCCCCCCCCCCCCCCCCCCCCCCCCCCCCCCCCCCCCCCC(=O)OC(COC(=O)CCCCCCCCCCCCCCCCCCCCCCCCCCCCC)COC(OCC[N+](C)(C)C)C(=O)O. The Balaban J connectivity index is 3.91. The Morgan fingerprint density at radius 3 is 0.703 bits per heavy atom. The van der Waals surface area contributed by atoms with Crippen molar-refractivity contribution in [1.82, 2.24) is 0 Å². The number of carbonyl (C=O) groups is 3. The maximum Gasteiger partial charge on any atom is 0.361 e. The van der Waals surface area contributed by atoms with Gasteiger partial charge in [-0.25, -0.2) is 4.79 Å². The number of hydrogen-bond donors (Lipinski definition) is 1. The highest BCUT2D eigenvalue weighted by Gasteiger charge is 2.25. The molecule has 542 valence electrons. The van der Waals surface area contributed by atoms with Gasteiger partial charge < -0.3 is 28.5 Å². The Morgan fingerprint density at radius 1 is 0.286 bits per heavy atom. The second kappa shape index (κ2) is 74.1. The second-order valence-electron chi connectivity index (χ2n) is 29.8.